The van der Waals surface area contributed by atoms with E-state index in [0.717, 1.165) is 0 Å². The predicted molar refractivity (Wildman–Crippen MR) is 69.4 cm³/mol. The van der Waals surface area contributed by atoms with Crippen LogP contribution in [0.4, 0.5) is 0 Å². The van der Waals surface area contributed by atoms with Gasteiger partial charge in [-0.1, -0.05) is 17.8 Å². The van der Waals surface area contributed by atoms with Crippen LogP contribution in [0, 0.1) is 0 Å². The Morgan fingerprint density at radius 1 is 1.56 bits per heavy atom. The van der Waals surface area contributed by atoms with Gasteiger partial charge in [-0.2, -0.15) is 0 Å². The first kappa shape index (κ1) is 13.8. The van der Waals surface area contributed by atoms with Crippen molar-refractivity contribution in [3.63, 3.8) is 0 Å². The van der Waals surface area contributed by atoms with Gasteiger partial charge in [0, 0.05) is 6.54 Å². The Labute approximate surface area is 110 Å². The fraction of sp³-hybridized carbons (Fsp3) is 0.727. The second-order valence-electron chi connectivity index (χ2n) is 4.40. The number of nitrogens with zero attached hydrogens (tertiary/aromatic N) is 1. The van der Waals surface area contributed by atoms with E-state index in [1.165, 1.54) is 18.7 Å². The van der Waals surface area contributed by atoms with Crippen molar-refractivity contribution in [2.75, 3.05) is 6.54 Å². The predicted octanol–water partition coefficient (Wildman–Crippen LogP) is -0.939. The first-order chi connectivity index (χ1) is 8.54. The van der Waals surface area contributed by atoms with Gasteiger partial charge < -0.3 is 25.4 Å². The Hall–Kier alpha value is -0.600. The molecule has 2 aliphatic heterocycles. The van der Waals surface area contributed by atoms with Crippen LogP contribution in [0.25, 0.3) is 0 Å². The normalized spacial score (nSPS) is 40.9. The topological polar surface area (TPSA) is 94.3 Å². The number of hydrogen-bond acceptors (Lipinski definition) is 7. The number of hydrogen-bond donors (Lipinski definition) is 4. The van der Waals surface area contributed by atoms with E-state index in [0.29, 0.717) is 11.7 Å². The zero-order valence-electron chi connectivity index (χ0n) is 10.1. The molecule has 0 amide bonds. The van der Waals surface area contributed by atoms with E-state index in [2.05, 4.69) is 16.9 Å². The van der Waals surface area contributed by atoms with Crippen LogP contribution in [0.5, 0.6) is 0 Å². The highest BCUT2D eigenvalue weighted by atomic mass is 32.2. The third-order valence-electron chi connectivity index (χ3n) is 2.97. The Bertz CT molecular complexity index is 350. The maximum absolute atomic E-state index is 10.0. The molecule has 0 saturated carbocycles. The summed E-state index contributed by atoms with van der Waals surface area (Å²) in [6.45, 7) is 5.69. The average Bonchev–Trinajstić information content (AvgIpc) is 2.74. The zero-order chi connectivity index (χ0) is 13.3. The highest BCUT2D eigenvalue weighted by molar-refractivity contribution is 8.14. The van der Waals surface area contributed by atoms with Crippen LogP contribution in [-0.2, 0) is 4.74 Å². The molecule has 0 radical (unpaired) electrons. The Morgan fingerprint density at radius 2 is 2.28 bits per heavy atom. The van der Waals surface area contributed by atoms with Gasteiger partial charge in [0.15, 0.2) is 5.17 Å². The summed E-state index contributed by atoms with van der Waals surface area (Å²) < 4.78 is 5.59. The van der Waals surface area contributed by atoms with Gasteiger partial charge >= 0.3 is 0 Å². The summed E-state index contributed by atoms with van der Waals surface area (Å²) in [6, 6.07) is -0.507. The largest absolute Gasteiger partial charge is 0.391 e. The van der Waals surface area contributed by atoms with Gasteiger partial charge in [0.1, 0.15) is 29.8 Å². The van der Waals surface area contributed by atoms with Crippen molar-refractivity contribution in [2.45, 2.75) is 42.8 Å². The number of amidine groups is 1. The lowest BCUT2D eigenvalue weighted by Gasteiger charge is -2.39. The molecule has 0 aromatic heterocycles. The number of aliphatic hydroxyl groups excluding tert-OH is 3. The first-order valence-corrected chi connectivity index (χ1v) is 6.71. The van der Waals surface area contributed by atoms with Gasteiger partial charge in [0.25, 0.3) is 0 Å². The molecule has 2 rings (SSSR count). The van der Waals surface area contributed by atoms with Gasteiger partial charge in [-0.3, -0.25) is 4.99 Å². The second-order valence-corrected chi connectivity index (χ2v) is 5.49. The molecule has 2 aliphatic rings. The van der Waals surface area contributed by atoms with Crippen LogP contribution < -0.4 is 5.32 Å². The summed E-state index contributed by atoms with van der Waals surface area (Å²) in [4.78, 5) is 4.28. The molecule has 6 atom stereocenters. The summed E-state index contributed by atoms with van der Waals surface area (Å²) in [6.07, 6.45) is -2.09. The molecule has 6 nitrogen and oxygen atoms in total. The Kier molecular flexibility index (Phi) is 4.29. The van der Waals surface area contributed by atoms with E-state index >= 15 is 0 Å². The fourth-order valence-electron chi connectivity index (χ4n) is 2.03. The van der Waals surface area contributed by atoms with Crippen LogP contribution in [-0.4, -0.2) is 62.9 Å². The molecule has 7 heteroatoms. The summed E-state index contributed by atoms with van der Waals surface area (Å²) >= 11 is 1.35. The summed E-state index contributed by atoms with van der Waals surface area (Å²) in [5.74, 6) is 0. The molecular formula is C11H18N2O4S. The van der Waals surface area contributed by atoms with Crippen molar-refractivity contribution < 1.29 is 20.1 Å². The first-order valence-electron chi connectivity index (χ1n) is 5.83. The molecular weight excluding hydrogens is 256 g/mol. The molecule has 2 heterocycles. The van der Waals surface area contributed by atoms with Gasteiger partial charge in [0.05, 0.1) is 6.10 Å². The highest BCUT2D eigenvalue weighted by Crippen LogP contribution is 2.36. The van der Waals surface area contributed by atoms with Gasteiger partial charge in [-0.15, -0.1) is 6.58 Å². The molecule has 0 aliphatic carbocycles. The maximum atomic E-state index is 10.0. The minimum Gasteiger partial charge on any atom is -0.391 e. The lowest BCUT2D eigenvalue weighted by molar-refractivity contribution is -0.181. The van der Waals surface area contributed by atoms with E-state index in [-0.39, 0.29) is 5.44 Å². The molecule has 0 spiro atoms. The van der Waals surface area contributed by atoms with Gasteiger partial charge in [0.2, 0.25) is 0 Å². The molecule has 102 valence electrons. The van der Waals surface area contributed by atoms with E-state index in [4.69, 9.17) is 4.74 Å². The molecule has 0 bridgehead atoms. The minimum absolute atomic E-state index is 0.379. The molecule has 18 heavy (non-hydrogen) atoms. The van der Waals surface area contributed by atoms with Crippen molar-refractivity contribution in [3.05, 3.63) is 12.7 Å². The van der Waals surface area contributed by atoms with Crippen LogP contribution in [0.1, 0.15) is 6.92 Å². The quantitative estimate of drug-likeness (QED) is 0.496. The Balaban J connectivity index is 2.06. The van der Waals surface area contributed by atoms with Crippen molar-refractivity contribution in [1.82, 2.24) is 5.32 Å². The van der Waals surface area contributed by atoms with Crippen molar-refractivity contribution in [1.29, 1.82) is 0 Å². The molecule has 0 unspecified atom stereocenters. The monoisotopic (exact) mass is 274 g/mol. The smallest absolute Gasteiger partial charge is 0.159 e. The van der Waals surface area contributed by atoms with Crippen molar-refractivity contribution in [3.8, 4) is 0 Å². The van der Waals surface area contributed by atoms with Crippen LogP contribution in [0.15, 0.2) is 17.6 Å². The lowest BCUT2D eigenvalue weighted by Crippen LogP contribution is -2.57. The average molecular weight is 274 g/mol. The van der Waals surface area contributed by atoms with Crippen molar-refractivity contribution >= 4 is 16.9 Å². The molecule has 1 saturated heterocycles. The number of fused-ring (bicyclic) bond motifs is 1. The molecule has 0 aromatic rings. The van der Waals surface area contributed by atoms with E-state index in [1.54, 1.807) is 6.08 Å². The van der Waals surface area contributed by atoms with E-state index in [1.807, 2.05) is 0 Å². The molecule has 0 aromatic carbocycles. The number of aliphatic imine (C=N–C) groups is 1. The number of thioether (sulfide) groups is 1. The summed E-state index contributed by atoms with van der Waals surface area (Å²) in [5, 5.41) is 33.1. The van der Waals surface area contributed by atoms with Crippen molar-refractivity contribution in [2.24, 2.45) is 4.99 Å². The summed E-state index contributed by atoms with van der Waals surface area (Å²) in [5.41, 5.74) is -0.379. The highest BCUT2D eigenvalue weighted by Gasteiger charge is 2.49. The number of ether oxygens (including phenoxy) is 1. The third-order valence-corrected chi connectivity index (χ3v) is 4.07. The number of aliphatic hydroxyl groups is 3. The Morgan fingerprint density at radius 3 is 2.89 bits per heavy atom. The van der Waals surface area contributed by atoms with E-state index in [9.17, 15) is 15.3 Å². The molecule has 1 fully saturated rings. The molecule has 4 N–H and O–H groups in total. The van der Waals surface area contributed by atoms with Gasteiger partial charge in [-0.25, -0.2) is 0 Å². The number of nitrogens with one attached hydrogen (secondary N) is 1. The van der Waals surface area contributed by atoms with Crippen LogP contribution in [0.3, 0.4) is 0 Å². The number of rotatable bonds is 3. The van der Waals surface area contributed by atoms with Crippen LogP contribution >= 0.6 is 11.8 Å². The zero-order valence-corrected chi connectivity index (χ0v) is 10.9. The SMILES string of the molecule is C=CCNC1=N[C@@H]2[C@@H](O)[C@H](O)[C@@H]([C@H](C)O)O[C@@H]2S1. The maximum Gasteiger partial charge on any atom is 0.159 e. The van der Waals surface area contributed by atoms with E-state index < -0.39 is 30.5 Å². The standard InChI is InChI=1S/C11H18N2O4S/c1-3-4-12-11-13-6-7(15)8(16)9(5(2)14)17-10(6)18-11/h3,5-10,14-16H,1,4H2,2H3,(H,12,13)/t5-,6+,7+,8-,9+,10+/m0/s1. The second kappa shape index (κ2) is 5.58. The third kappa shape index (κ3) is 2.55. The fourth-order valence-corrected chi connectivity index (χ4v) is 3.14. The van der Waals surface area contributed by atoms with Gasteiger partial charge in [-0.05, 0) is 6.92 Å². The minimum atomic E-state index is -1.13. The van der Waals surface area contributed by atoms with Crippen LogP contribution in [0.2, 0.25) is 0 Å². The lowest BCUT2D eigenvalue weighted by atomic mass is 9.95. The summed E-state index contributed by atoms with van der Waals surface area (Å²) in [7, 11) is 0.